The quantitative estimate of drug-likeness (QED) is 0.577. The smallest absolute Gasteiger partial charge is 0.261 e. The molecule has 1 aromatic rings. The Morgan fingerprint density at radius 2 is 1.65 bits per heavy atom. The van der Waals surface area contributed by atoms with E-state index >= 15 is 0 Å². The van der Waals surface area contributed by atoms with Crippen molar-refractivity contribution >= 4 is 29.6 Å². The standard InChI is InChI=1S/C10H11ClF2O5S2/c1-19(14,15)4-2-3-18-10-8(12)5-7(6-9(10)13)20(11,16)17/h5-6H,2-4H2,1H3. The van der Waals surface area contributed by atoms with Gasteiger partial charge in [-0.2, -0.15) is 0 Å². The molecular weight excluding hydrogens is 338 g/mol. The zero-order valence-corrected chi connectivity index (χ0v) is 12.7. The summed E-state index contributed by atoms with van der Waals surface area (Å²) in [6.07, 6.45) is 1.07. The number of sulfone groups is 1. The summed E-state index contributed by atoms with van der Waals surface area (Å²) in [5, 5.41) is 0. The molecule has 0 N–H and O–H groups in total. The maximum atomic E-state index is 13.5. The Morgan fingerprint density at radius 1 is 1.15 bits per heavy atom. The molecule has 0 aromatic heterocycles. The third-order valence-corrected chi connectivity index (χ3v) is 4.52. The molecule has 1 aromatic carbocycles. The fourth-order valence-electron chi connectivity index (χ4n) is 1.31. The van der Waals surface area contributed by atoms with Gasteiger partial charge < -0.3 is 4.74 Å². The van der Waals surface area contributed by atoms with E-state index in [4.69, 9.17) is 15.4 Å². The summed E-state index contributed by atoms with van der Waals surface area (Å²) in [5.41, 5.74) is 0. The van der Waals surface area contributed by atoms with Crippen LogP contribution in [0.5, 0.6) is 5.75 Å². The molecule has 0 saturated heterocycles. The van der Waals surface area contributed by atoms with E-state index in [2.05, 4.69) is 0 Å². The summed E-state index contributed by atoms with van der Waals surface area (Å²) in [4.78, 5) is -0.724. The Bertz CT molecular complexity index is 677. The van der Waals surface area contributed by atoms with Crippen LogP contribution in [0.25, 0.3) is 0 Å². The molecule has 0 aliphatic heterocycles. The minimum Gasteiger partial charge on any atom is -0.488 e. The Labute approximate surface area is 119 Å². The predicted octanol–water partition coefficient (Wildman–Crippen LogP) is 1.71. The van der Waals surface area contributed by atoms with Crippen molar-refractivity contribution in [1.82, 2.24) is 0 Å². The fraction of sp³-hybridized carbons (Fsp3) is 0.400. The van der Waals surface area contributed by atoms with Crippen LogP contribution in [0.15, 0.2) is 17.0 Å². The van der Waals surface area contributed by atoms with E-state index in [0.717, 1.165) is 6.26 Å². The Morgan fingerprint density at radius 3 is 2.05 bits per heavy atom. The minimum atomic E-state index is -4.25. The number of hydrogen-bond donors (Lipinski definition) is 0. The second kappa shape index (κ2) is 6.23. The van der Waals surface area contributed by atoms with Crippen molar-refractivity contribution < 1.29 is 30.4 Å². The summed E-state index contributed by atoms with van der Waals surface area (Å²) in [7, 11) is -2.48. The molecule has 0 radical (unpaired) electrons. The van der Waals surface area contributed by atoms with Gasteiger partial charge in [0.2, 0.25) is 0 Å². The third kappa shape index (κ3) is 5.22. The van der Waals surface area contributed by atoms with Crippen LogP contribution in [0.1, 0.15) is 6.42 Å². The van der Waals surface area contributed by atoms with Crippen LogP contribution >= 0.6 is 10.7 Å². The van der Waals surface area contributed by atoms with Gasteiger partial charge in [0.05, 0.1) is 17.3 Å². The molecule has 0 aliphatic carbocycles. The second-order valence-electron chi connectivity index (χ2n) is 3.99. The Kier molecular flexibility index (Phi) is 5.33. The second-order valence-corrected chi connectivity index (χ2v) is 8.81. The number of hydrogen-bond acceptors (Lipinski definition) is 5. The lowest BCUT2D eigenvalue weighted by molar-refractivity contribution is 0.284. The van der Waals surface area contributed by atoms with Gasteiger partial charge in [0, 0.05) is 16.9 Å². The lowest BCUT2D eigenvalue weighted by Gasteiger charge is -2.09. The highest BCUT2D eigenvalue weighted by molar-refractivity contribution is 8.13. The van der Waals surface area contributed by atoms with Gasteiger partial charge in [0.1, 0.15) is 9.84 Å². The molecule has 0 amide bonds. The highest BCUT2D eigenvalue weighted by Crippen LogP contribution is 2.27. The normalized spacial score (nSPS) is 12.4. The summed E-state index contributed by atoms with van der Waals surface area (Å²) in [5.74, 6) is -3.43. The first kappa shape index (κ1) is 17.1. The molecule has 10 heteroatoms. The van der Waals surface area contributed by atoms with Crippen molar-refractivity contribution in [2.24, 2.45) is 0 Å². The van der Waals surface area contributed by atoms with Gasteiger partial charge in [0.15, 0.2) is 17.4 Å². The molecule has 0 heterocycles. The van der Waals surface area contributed by atoms with E-state index in [1.54, 1.807) is 0 Å². The van der Waals surface area contributed by atoms with Crippen LogP contribution < -0.4 is 4.74 Å². The molecule has 20 heavy (non-hydrogen) atoms. The number of ether oxygens (including phenoxy) is 1. The molecule has 0 atom stereocenters. The number of rotatable bonds is 6. The molecule has 0 fully saturated rings. The third-order valence-electron chi connectivity index (χ3n) is 2.16. The highest BCUT2D eigenvalue weighted by atomic mass is 35.7. The Balaban J connectivity index is 2.83. The largest absolute Gasteiger partial charge is 0.488 e. The molecule has 0 aliphatic rings. The number of benzene rings is 1. The zero-order valence-electron chi connectivity index (χ0n) is 10.3. The highest BCUT2D eigenvalue weighted by Gasteiger charge is 2.19. The van der Waals surface area contributed by atoms with Gasteiger partial charge in [-0.1, -0.05) is 0 Å². The minimum absolute atomic E-state index is 0.0489. The van der Waals surface area contributed by atoms with Crippen molar-refractivity contribution in [3.63, 3.8) is 0 Å². The SMILES string of the molecule is CS(=O)(=O)CCCOc1c(F)cc(S(=O)(=O)Cl)cc1F. The van der Waals surface area contributed by atoms with Crippen molar-refractivity contribution in [2.75, 3.05) is 18.6 Å². The van der Waals surface area contributed by atoms with Crippen LogP contribution in [0.2, 0.25) is 0 Å². The first-order valence-electron chi connectivity index (χ1n) is 5.25. The van der Waals surface area contributed by atoms with Crippen LogP contribution in [-0.2, 0) is 18.9 Å². The lowest BCUT2D eigenvalue weighted by atomic mass is 10.3. The maximum Gasteiger partial charge on any atom is 0.261 e. The van der Waals surface area contributed by atoms with Crippen LogP contribution in [0, 0.1) is 11.6 Å². The summed E-state index contributed by atoms with van der Waals surface area (Å²) in [6.45, 7) is -0.228. The topological polar surface area (TPSA) is 77.5 Å². The van der Waals surface area contributed by atoms with Gasteiger partial charge in [-0.25, -0.2) is 25.6 Å². The van der Waals surface area contributed by atoms with E-state index in [1.807, 2.05) is 0 Å². The van der Waals surface area contributed by atoms with Gasteiger partial charge in [0.25, 0.3) is 9.05 Å². The van der Waals surface area contributed by atoms with Crippen LogP contribution in [0.3, 0.4) is 0 Å². The molecule has 0 unspecified atom stereocenters. The van der Waals surface area contributed by atoms with Gasteiger partial charge in [-0.15, -0.1) is 0 Å². The maximum absolute atomic E-state index is 13.5. The van der Waals surface area contributed by atoms with E-state index < -0.39 is 41.2 Å². The summed E-state index contributed by atoms with van der Waals surface area (Å²) in [6, 6.07) is 1.05. The molecule has 1 rings (SSSR count). The lowest BCUT2D eigenvalue weighted by Crippen LogP contribution is -2.09. The van der Waals surface area contributed by atoms with Gasteiger partial charge in [-0.3, -0.25) is 0 Å². The fourth-order valence-corrected chi connectivity index (χ4v) is 2.71. The van der Waals surface area contributed by atoms with Crippen molar-refractivity contribution in [3.8, 4) is 5.75 Å². The monoisotopic (exact) mass is 348 g/mol. The molecule has 0 saturated carbocycles. The van der Waals surface area contributed by atoms with Crippen molar-refractivity contribution in [1.29, 1.82) is 0 Å². The summed E-state index contributed by atoms with van der Waals surface area (Å²) < 4.78 is 75.4. The number of halogens is 3. The first-order valence-corrected chi connectivity index (χ1v) is 9.62. The van der Waals surface area contributed by atoms with Gasteiger partial charge >= 0.3 is 0 Å². The molecule has 5 nitrogen and oxygen atoms in total. The van der Waals surface area contributed by atoms with E-state index in [0.29, 0.717) is 12.1 Å². The molecular formula is C10H11ClF2O5S2. The first-order chi connectivity index (χ1) is 9.00. The van der Waals surface area contributed by atoms with Gasteiger partial charge in [-0.05, 0) is 18.6 Å². The van der Waals surface area contributed by atoms with Crippen molar-refractivity contribution in [3.05, 3.63) is 23.8 Å². The average molecular weight is 349 g/mol. The van der Waals surface area contributed by atoms with Crippen molar-refractivity contribution in [2.45, 2.75) is 11.3 Å². The van der Waals surface area contributed by atoms with E-state index in [9.17, 15) is 25.6 Å². The summed E-state index contributed by atoms with van der Waals surface area (Å²) >= 11 is 0. The van der Waals surface area contributed by atoms with E-state index in [1.165, 1.54) is 0 Å². The molecule has 0 bridgehead atoms. The molecule has 114 valence electrons. The Hall–Kier alpha value is -0.930. The zero-order chi connectivity index (χ0) is 15.6. The predicted molar refractivity (Wildman–Crippen MR) is 69.2 cm³/mol. The molecule has 0 spiro atoms. The van der Waals surface area contributed by atoms with Crippen LogP contribution in [0.4, 0.5) is 8.78 Å². The average Bonchev–Trinajstić information content (AvgIpc) is 2.23. The van der Waals surface area contributed by atoms with Crippen LogP contribution in [-0.4, -0.2) is 35.5 Å². The van der Waals surface area contributed by atoms with E-state index in [-0.39, 0.29) is 18.8 Å².